The van der Waals surface area contributed by atoms with Gasteiger partial charge < -0.3 is 44.6 Å². The van der Waals surface area contributed by atoms with Crippen molar-refractivity contribution in [2.45, 2.75) is 236 Å². The van der Waals surface area contributed by atoms with Crippen LogP contribution in [-0.4, -0.2) is 103 Å². The average molecular weight is 891 g/mol. The molecule has 0 aliphatic heterocycles. The number of phosphoric acid groups is 2. The Bertz CT molecular complexity index is 1170. The van der Waals surface area contributed by atoms with Crippen molar-refractivity contribution in [1.29, 1.82) is 0 Å². The van der Waals surface area contributed by atoms with Gasteiger partial charge in [0, 0.05) is 12.8 Å². The maximum Gasteiger partial charge on any atom is 0.472 e. The zero-order valence-electron chi connectivity index (χ0n) is 36.0. The molecule has 8 atom stereocenters. The lowest BCUT2D eigenvalue weighted by molar-refractivity contribution is -0.216. The second-order valence-corrected chi connectivity index (χ2v) is 18.7. The molecule has 16 nitrogen and oxygen atoms in total. The summed E-state index contributed by atoms with van der Waals surface area (Å²) in [6.45, 7) is 3.11. The maximum absolute atomic E-state index is 12.9. The number of ether oxygens (including phenoxy) is 2. The van der Waals surface area contributed by atoms with E-state index in [0.29, 0.717) is 12.8 Å². The Morgan fingerprint density at radius 1 is 0.475 bits per heavy atom. The van der Waals surface area contributed by atoms with Gasteiger partial charge in [0.15, 0.2) is 6.10 Å². The molecule has 350 valence electrons. The van der Waals surface area contributed by atoms with Crippen molar-refractivity contribution >= 4 is 27.6 Å². The molecule has 0 saturated heterocycles. The highest BCUT2D eigenvalue weighted by Crippen LogP contribution is 2.49. The van der Waals surface area contributed by atoms with Crippen molar-refractivity contribution in [2.75, 3.05) is 13.2 Å². The van der Waals surface area contributed by atoms with Crippen molar-refractivity contribution in [3.05, 3.63) is 0 Å². The van der Waals surface area contributed by atoms with Crippen molar-refractivity contribution in [3.8, 4) is 0 Å². The maximum atomic E-state index is 12.9. The van der Waals surface area contributed by atoms with Crippen LogP contribution in [0.25, 0.3) is 0 Å². The predicted octanol–water partition coefficient (Wildman–Crippen LogP) is 7.84. The highest BCUT2D eigenvalue weighted by Gasteiger charge is 2.54. The van der Waals surface area contributed by atoms with Crippen LogP contribution in [0.4, 0.5) is 0 Å². The highest BCUT2D eigenvalue weighted by atomic mass is 31.2. The van der Waals surface area contributed by atoms with E-state index < -0.39 is 83.5 Å². The number of carbonyl (C=O) groups is 2. The van der Waals surface area contributed by atoms with Crippen LogP contribution in [0.5, 0.6) is 0 Å². The van der Waals surface area contributed by atoms with Gasteiger partial charge in [0.1, 0.15) is 43.2 Å². The molecule has 3 unspecified atom stereocenters. The molecule has 0 heterocycles. The summed E-state index contributed by atoms with van der Waals surface area (Å²) < 4.78 is 49.3. The van der Waals surface area contributed by atoms with E-state index in [1.165, 1.54) is 103 Å². The van der Waals surface area contributed by atoms with Crippen LogP contribution in [0, 0.1) is 0 Å². The summed E-state index contributed by atoms with van der Waals surface area (Å²) in [4.78, 5) is 54.1. The summed E-state index contributed by atoms with van der Waals surface area (Å²) in [5.41, 5.74) is 0. The lowest BCUT2D eigenvalue weighted by Crippen LogP contribution is -2.64. The Morgan fingerprint density at radius 3 is 1.22 bits per heavy atom. The van der Waals surface area contributed by atoms with Gasteiger partial charge >= 0.3 is 27.6 Å². The summed E-state index contributed by atoms with van der Waals surface area (Å²) in [6, 6.07) is 0. The molecule has 59 heavy (non-hydrogen) atoms. The van der Waals surface area contributed by atoms with E-state index in [-0.39, 0.29) is 12.8 Å². The normalized spacial score (nSPS) is 22.5. The van der Waals surface area contributed by atoms with E-state index in [2.05, 4.69) is 18.4 Å². The lowest BCUT2D eigenvalue weighted by Gasteiger charge is -2.43. The Balaban J connectivity index is 2.61. The summed E-state index contributed by atoms with van der Waals surface area (Å²) in [5.74, 6) is -1.19. The van der Waals surface area contributed by atoms with Gasteiger partial charge in [-0.25, -0.2) is 9.13 Å². The Kier molecular flexibility index (Phi) is 31.8. The molecule has 0 aromatic carbocycles. The van der Waals surface area contributed by atoms with Crippen LogP contribution in [0.1, 0.15) is 194 Å². The lowest BCUT2D eigenvalue weighted by atomic mass is 9.85. The largest absolute Gasteiger partial charge is 0.472 e. The summed E-state index contributed by atoms with van der Waals surface area (Å²) >= 11 is 0. The highest BCUT2D eigenvalue weighted by molar-refractivity contribution is 7.47. The minimum atomic E-state index is -5.35. The van der Waals surface area contributed by atoms with Crippen molar-refractivity contribution in [3.63, 3.8) is 0 Å². The van der Waals surface area contributed by atoms with Gasteiger partial charge in [-0.2, -0.15) is 0 Å². The molecule has 1 saturated carbocycles. The summed E-state index contributed by atoms with van der Waals surface area (Å²) in [5, 5.41) is 41.1. The van der Waals surface area contributed by atoms with Crippen LogP contribution in [-0.2, 0) is 41.8 Å². The third kappa shape index (κ3) is 28.3. The number of rotatable bonds is 38. The van der Waals surface area contributed by atoms with Gasteiger partial charge in [0.25, 0.3) is 0 Å². The molecule has 0 spiro atoms. The van der Waals surface area contributed by atoms with Gasteiger partial charge in [0.05, 0.1) is 6.61 Å². The van der Waals surface area contributed by atoms with Crippen molar-refractivity contribution in [2.24, 2.45) is 0 Å². The van der Waals surface area contributed by atoms with E-state index in [4.69, 9.17) is 28.3 Å². The molecule has 1 aliphatic rings. The zero-order valence-corrected chi connectivity index (χ0v) is 37.7. The van der Waals surface area contributed by atoms with Crippen LogP contribution in [0.15, 0.2) is 0 Å². The van der Waals surface area contributed by atoms with Crippen molar-refractivity contribution < 1.29 is 76.9 Å². The number of unbranched alkanes of at least 4 members (excludes halogenated alkanes) is 24. The second kappa shape index (κ2) is 33.5. The molecule has 0 amide bonds. The fourth-order valence-electron chi connectivity index (χ4n) is 7.14. The molecule has 0 bridgehead atoms. The first-order valence-corrected chi connectivity index (χ1v) is 25.6. The van der Waals surface area contributed by atoms with E-state index in [0.717, 1.165) is 51.4 Å². The van der Waals surface area contributed by atoms with Crippen LogP contribution < -0.4 is 0 Å². The SMILES string of the molecule is CCCCCCCCCCCCCCCC(=O)OC[C@H](COP(=O)(O)O[C@@H]1C(O)[C@H](OP(=O)(O)O)[C@@H](O)C(O)[C@H]1O)OC(=O)CCCCCCCCCCCCCCC. The molecule has 1 aliphatic carbocycles. The molecule has 0 aromatic rings. The van der Waals surface area contributed by atoms with Crippen molar-refractivity contribution in [1.82, 2.24) is 0 Å². The molecule has 1 fully saturated rings. The first-order chi connectivity index (χ1) is 28.1. The third-order valence-electron chi connectivity index (χ3n) is 10.7. The summed E-state index contributed by atoms with van der Waals surface area (Å²) in [6.07, 6.45) is 15.0. The first-order valence-electron chi connectivity index (χ1n) is 22.6. The average Bonchev–Trinajstić information content (AvgIpc) is 3.18. The molecule has 7 N–H and O–H groups in total. The number of hydrogen-bond donors (Lipinski definition) is 7. The van der Waals surface area contributed by atoms with Crippen LogP contribution in [0.2, 0.25) is 0 Å². The topological polar surface area (TPSA) is 256 Å². The molecular weight excluding hydrogens is 810 g/mol. The van der Waals surface area contributed by atoms with Gasteiger partial charge in [-0.1, -0.05) is 168 Å². The smallest absolute Gasteiger partial charge is 0.462 e. The molecule has 0 aromatic heterocycles. The standard InChI is InChI=1S/C41H80O16P2/c1-3-5-7-9-11-13-15-17-19-21-23-25-27-29-34(42)53-31-33(55-35(43)30-28-26-24-22-20-18-16-14-12-10-8-6-4-2)32-54-59(51,52)57-41-38(46)36(44)37(45)40(39(41)47)56-58(48,49)50/h33,36-41,44-47H,3-32H2,1-2H3,(H,51,52)(H2,48,49,50)/t33-,36?,37+,38-,39?,40-,41+/m1/s1. The zero-order chi connectivity index (χ0) is 43.9. The number of phosphoric ester groups is 2. The molecular formula is C41H80O16P2. The summed E-state index contributed by atoms with van der Waals surface area (Å²) in [7, 11) is -10.6. The van der Waals surface area contributed by atoms with Gasteiger partial charge in [0.2, 0.25) is 0 Å². The minimum Gasteiger partial charge on any atom is -0.462 e. The van der Waals surface area contributed by atoms with Crippen LogP contribution in [0.3, 0.4) is 0 Å². The van der Waals surface area contributed by atoms with Crippen LogP contribution >= 0.6 is 15.6 Å². The third-order valence-corrected chi connectivity index (χ3v) is 12.2. The Morgan fingerprint density at radius 2 is 0.831 bits per heavy atom. The quantitative estimate of drug-likeness (QED) is 0.0177. The number of aliphatic hydroxyl groups is 4. The van der Waals surface area contributed by atoms with E-state index in [9.17, 15) is 44.0 Å². The number of esters is 2. The second-order valence-electron chi connectivity index (χ2n) is 16.1. The molecule has 18 heteroatoms. The predicted molar refractivity (Wildman–Crippen MR) is 223 cm³/mol. The van der Waals surface area contributed by atoms with Gasteiger partial charge in [-0.05, 0) is 12.8 Å². The van der Waals surface area contributed by atoms with E-state index in [1.807, 2.05) is 0 Å². The minimum absolute atomic E-state index is 0.0517. The molecule has 0 radical (unpaired) electrons. The van der Waals surface area contributed by atoms with Gasteiger partial charge in [-0.15, -0.1) is 0 Å². The Hall–Kier alpha value is -1.00. The van der Waals surface area contributed by atoms with Gasteiger partial charge in [-0.3, -0.25) is 23.2 Å². The van der Waals surface area contributed by atoms with E-state index >= 15 is 0 Å². The van der Waals surface area contributed by atoms with E-state index in [1.54, 1.807) is 0 Å². The Labute approximate surface area is 353 Å². The number of aliphatic hydroxyl groups excluding tert-OH is 4. The number of hydrogen-bond acceptors (Lipinski definition) is 13. The fraction of sp³-hybridized carbons (Fsp3) is 0.951. The first kappa shape index (κ1) is 56.0. The fourth-order valence-corrected chi connectivity index (χ4v) is 8.68. The number of carbonyl (C=O) groups excluding carboxylic acids is 2. The molecule has 1 rings (SSSR count). The monoisotopic (exact) mass is 890 g/mol.